The smallest absolute Gasteiger partial charge is 0.0230 e. The minimum Gasteiger partial charge on any atom is -0.303 e. The van der Waals surface area contributed by atoms with Crippen LogP contribution in [0.2, 0.25) is 0 Å². The number of benzene rings is 1. The quantitative estimate of drug-likeness (QED) is 0.725. The summed E-state index contributed by atoms with van der Waals surface area (Å²) >= 11 is 0. The third-order valence-corrected chi connectivity index (χ3v) is 5.00. The van der Waals surface area contributed by atoms with E-state index in [1.165, 1.54) is 50.1 Å². The van der Waals surface area contributed by atoms with Gasteiger partial charge in [-0.2, -0.15) is 0 Å². The predicted octanol–water partition coefficient (Wildman–Crippen LogP) is 4.61. The van der Waals surface area contributed by atoms with Crippen molar-refractivity contribution in [3.8, 4) is 0 Å². The summed E-state index contributed by atoms with van der Waals surface area (Å²) in [4.78, 5) is 5.15. The fourth-order valence-electron chi connectivity index (χ4n) is 3.69. The van der Waals surface area contributed by atoms with Crippen LogP contribution in [0.4, 0.5) is 0 Å². The van der Waals surface area contributed by atoms with Gasteiger partial charge in [0.1, 0.15) is 0 Å². The SMILES string of the molecule is CC(C)CN1CCC(CN(C)Cc2ccc(C(C)C)cc2)CC1. The molecule has 1 aliphatic heterocycles. The molecule has 1 saturated heterocycles. The number of rotatable bonds is 7. The molecule has 0 aromatic heterocycles. The highest BCUT2D eigenvalue weighted by Gasteiger charge is 2.20. The minimum absolute atomic E-state index is 0.623. The van der Waals surface area contributed by atoms with E-state index >= 15 is 0 Å². The van der Waals surface area contributed by atoms with E-state index in [0.717, 1.165) is 18.4 Å². The van der Waals surface area contributed by atoms with Crippen LogP contribution >= 0.6 is 0 Å². The Morgan fingerprint density at radius 1 is 1.04 bits per heavy atom. The molecule has 0 aliphatic carbocycles. The highest BCUT2D eigenvalue weighted by Crippen LogP contribution is 2.20. The molecule has 1 aromatic carbocycles. The van der Waals surface area contributed by atoms with Gasteiger partial charge in [-0.25, -0.2) is 0 Å². The Bertz CT molecular complexity index is 441. The van der Waals surface area contributed by atoms with Crippen molar-refractivity contribution >= 4 is 0 Å². The Morgan fingerprint density at radius 3 is 2.17 bits per heavy atom. The van der Waals surface area contributed by atoms with Crippen molar-refractivity contribution in [2.24, 2.45) is 11.8 Å². The van der Waals surface area contributed by atoms with Gasteiger partial charge in [0, 0.05) is 19.6 Å². The fourth-order valence-corrected chi connectivity index (χ4v) is 3.69. The second kappa shape index (κ2) is 8.84. The van der Waals surface area contributed by atoms with Crippen molar-refractivity contribution in [3.63, 3.8) is 0 Å². The third-order valence-electron chi connectivity index (χ3n) is 5.00. The molecule has 0 saturated carbocycles. The summed E-state index contributed by atoms with van der Waals surface area (Å²) in [5.74, 6) is 2.29. The summed E-state index contributed by atoms with van der Waals surface area (Å²) < 4.78 is 0. The maximum atomic E-state index is 2.64. The second-order valence-electron chi connectivity index (χ2n) is 8.23. The van der Waals surface area contributed by atoms with Crippen LogP contribution in [0.25, 0.3) is 0 Å². The summed E-state index contributed by atoms with van der Waals surface area (Å²) in [5, 5.41) is 0. The Morgan fingerprint density at radius 2 is 1.65 bits per heavy atom. The van der Waals surface area contributed by atoms with Gasteiger partial charge in [0.05, 0.1) is 0 Å². The molecule has 2 rings (SSSR count). The zero-order valence-corrected chi connectivity index (χ0v) is 15.9. The van der Waals surface area contributed by atoms with E-state index in [1.807, 2.05) is 0 Å². The first-order valence-electron chi connectivity index (χ1n) is 9.43. The Balaban J connectivity index is 1.74. The second-order valence-corrected chi connectivity index (χ2v) is 8.23. The van der Waals surface area contributed by atoms with Crippen LogP contribution in [0, 0.1) is 11.8 Å². The van der Waals surface area contributed by atoms with Gasteiger partial charge in [-0.15, -0.1) is 0 Å². The van der Waals surface area contributed by atoms with Gasteiger partial charge in [0.25, 0.3) is 0 Å². The number of hydrogen-bond donors (Lipinski definition) is 0. The normalized spacial score (nSPS) is 17.6. The van der Waals surface area contributed by atoms with Gasteiger partial charge < -0.3 is 9.80 Å². The molecule has 0 atom stereocenters. The molecule has 0 unspecified atom stereocenters. The standard InChI is InChI=1S/C21H36N2/c1-17(2)14-23-12-10-20(11-13-23)16-22(5)15-19-6-8-21(9-7-19)18(3)4/h6-9,17-18,20H,10-16H2,1-5H3. The van der Waals surface area contributed by atoms with E-state index < -0.39 is 0 Å². The van der Waals surface area contributed by atoms with Crippen LogP contribution in [-0.4, -0.2) is 43.0 Å². The zero-order chi connectivity index (χ0) is 16.8. The number of nitrogens with zero attached hydrogens (tertiary/aromatic N) is 2. The van der Waals surface area contributed by atoms with Crippen LogP contribution < -0.4 is 0 Å². The molecule has 0 spiro atoms. The van der Waals surface area contributed by atoms with Gasteiger partial charge in [-0.3, -0.25) is 0 Å². The molecule has 1 heterocycles. The monoisotopic (exact) mass is 316 g/mol. The highest BCUT2D eigenvalue weighted by molar-refractivity contribution is 5.24. The Hall–Kier alpha value is -0.860. The largest absolute Gasteiger partial charge is 0.303 e. The summed E-state index contributed by atoms with van der Waals surface area (Å²) in [6.07, 6.45) is 2.73. The first kappa shape index (κ1) is 18.5. The van der Waals surface area contributed by atoms with Gasteiger partial charge in [0.2, 0.25) is 0 Å². The zero-order valence-electron chi connectivity index (χ0n) is 15.9. The van der Waals surface area contributed by atoms with E-state index in [0.29, 0.717) is 5.92 Å². The topological polar surface area (TPSA) is 6.48 Å². The van der Waals surface area contributed by atoms with Gasteiger partial charge in [-0.05, 0) is 61.9 Å². The molecule has 0 amide bonds. The predicted molar refractivity (Wildman–Crippen MR) is 101 cm³/mol. The average molecular weight is 317 g/mol. The van der Waals surface area contributed by atoms with Crippen molar-refractivity contribution in [2.45, 2.75) is 53.0 Å². The van der Waals surface area contributed by atoms with Gasteiger partial charge >= 0.3 is 0 Å². The van der Waals surface area contributed by atoms with E-state index in [9.17, 15) is 0 Å². The van der Waals surface area contributed by atoms with Crippen molar-refractivity contribution in [3.05, 3.63) is 35.4 Å². The van der Waals surface area contributed by atoms with E-state index in [2.05, 4.69) is 68.8 Å². The Kier molecular flexibility index (Phi) is 7.10. The number of hydrogen-bond acceptors (Lipinski definition) is 2. The molecule has 0 N–H and O–H groups in total. The van der Waals surface area contributed by atoms with Crippen LogP contribution in [0.15, 0.2) is 24.3 Å². The lowest BCUT2D eigenvalue weighted by Crippen LogP contribution is -2.39. The van der Waals surface area contributed by atoms with Gasteiger partial charge in [0.15, 0.2) is 0 Å². The molecule has 130 valence electrons. The minimum atomic E-state index is 0.623. The van der Waals surface area contributed by atoms with E-state index in [4.69, 9.17) is 0 Å². The molecule has 0 radical (unpaired) electrons. The molecule has 1 fully saturated rings. The summed E-state index contributed by atoms with van der Waals surface area (Å²) in [7, 11) is 2.27. The lowest BCUT2D eigenvalue weighted by molar-refractivity contribution is 0.141. The molecule has 23 heavy (non-hydrogen) atoms. The number of likely N-dealkylation sites (tertiary alicyclic amines) is 1. The molecule has 2 heteroatoms. The third kappa shape index (κ3) is 6.27. The van der Waals surface area contributed by atoms with E-state index in [-0.39, 0.29) is 0 Å². The van der Waals surface area contributed by atoms with Crippen LogP contribution in [0.5, 0.6) is 0 Å². The Labute approximate surface area is 143 Å². The van der Waals surface area contributed by atoms with Crippen molar-refractivity contribution in [1.29, 1.82) is 0 Å². The van der Waals surface area contributed by atoms with Gasteiger partial charge in [-0.1, -0.05) is 52.0 Å². The van der Waals surface area contributed by atoms with Crippen LogP contribution in [0.1, 0.15) is 57.6 Å². The van der Waals surface area contributed by atoms with Crippen LogP contribution in [-0.2, 0) is 6.54 Å². The van der Waals surface area contributed by atoms with E-state index in [1.54, 1.807) is 0 Å². The summed E-state index contributed by atoms with van der Waals surface area (Å²) in [5.41, 5.74) is 2.88. The molecular formula is C21H36N2. The molecule has 1 aliphatic rings. The van der Waals surface area contributed by atoms with Crippen molar-refractivity contribution < 1.29 is 0 Å². The fraction of sp³-hybridized carbons (Fsp3) is 0.714. The molecule has 2 nitrogen and oxygen atoms in total. The first-order chi connectivity index (χ1) is 10.9. The molecule has 0 bridgehead atoms. The van der Waals surface area contributed by atoms with Crippen molar-refractivity contribution in [1.82, 2.24) is 9.80 Å². The molecular weight excluding hydrogens is 280 g/mol. The van der Waals surface area contributed by atoms with Crippen LogP contribution in [0.3, 0.4) is 0 Å². The highest BCUT2D eigenvalue weighted by atomic mass is 15.1. The maximum Gasteiger partial charge on any atom is 0.0230 e. The first-order valence-corrected chi connectivity index (χ1v) is 9.43. The average Bonchev–Trinajstić information content (AvgIpc) is 2.49. The summed E-state index contributed by atoms with van der Waals surface area (Å²) in [6, 6.07) is 9.19. The lowest BCUT2D eigenvalue weighted by Gasteiger charge is -2.34. The lowest BCUT2D eigenvalue weighted by atomic mass is 9.95. The molecule has 1 aromatic rings. The number of piperidine rings is 1. The maximum absolute atomic E-state index is 2.64. The summed E-state index contributed by atoms with van der Waals surface area (Å²) in [6.45, 7) is 15.3. The van der Waals surface area contributed by atoms with Crippen molar-refractivity contribution in [2.75, 3.05) is 33.2 Å².